The van der Waals surface area contributed by atoms with Crippen LogP contribution in [-0.2, 0) is 0 Å². The Morgan fingerprint density at radius 2 is 2.36 bits per heavy atom. The van der Waals surface area contributed by atoms with E-state index >= 15 is 0 Å². The lowest BCUT2D eigenvalue weighted by Gasteiger charge is -2.05. The Bertz CT molecular complexity index is 321. The number of aromatic nitrogens is 1. The maximum atomic E-state index is 11.2. The van der Waals surface area contributed by atoms with Crippen LogP contribution in [-0.4, -0.2) is 23.4 Å². The van der Waals surface area contributed by atoms with Gasteiger partial charge in [0, 0.05) is 23.1 Å². The normalized spacial score (nSPS) is 9.57. The third-order valence-corrected chi connectivity index (χ3v) is 1.97. The maximum absolute atomic E-state index is 11.2. The smallest absolute Gasteiger partial charge is 0.319 e. The van der Waals surface area contributed by atoms with Crippen LogP contribution in [0.25, 0.3) is 0 Å². The van der Waals surface area contributed by atoms with E-state index < -0.39 is 0 Å². The summed E-state index contributed by atoms with van der Waals surface area (Å²) in [7, 11) is 0. The molecule has 0 aliphatic heterocycles. The van der Waals surface area contributed by atoms with Gasteiger partial charge in [0.25, 0.3) is 0 Å². The molecule has 76 valence electrons. The molecule has 0 saturated carbocycles. The van der Waals surface area contributed by atoms with Crippen LogP contribution in [0.1, 0.15) is 0 Å². The monoisotopic (exact) mass is 277 g/mol. The zero-order chi connectivity index (χ0) is 10.4. The van der Waals surface area contributed by atoms with Crippen LogP contribution >= 0.6 is 27.5 Å². The topological polar surface area (TPSA) is 54.0 Å². The predicted octanol–water partition coefficient (Wildman–Crippen LogP) is 2.20. The van der Waals surface area contributed by atoms with E-state index in [0.717, 1.165) is 4.47 Å². The van der Waals surface area contributed by atoms with Crippen LogP contribution in [0.3, 0.4) is 0 Å². The van der Waals surface area contributed by atoms with Gasteiger partial charge in [-0.1, -0.05) is 0 Å². The molecule has 0 saturated heterocycles. The van der Waals surface area contributed by atoms with Crippen molar-refractivity contribution in [3.05, 3.63) is 22.9 Å². The number of amides is 2. The quantitative estimate of drug-likeness (QED) is 0.833. The molecule has 0 unspecified atom stereocenters. The van der Waals surface area contributed by atoms with Gasteiger partial charge in [-0.3, -0.25) is 4.98 Å². The molecular weight excluding hydrogens is 269 g/mol. The number of hydrogen-bond donors (Lipinski definition) is 2. The van der Waals surface area contributed by atoms with Gasteiger partial charge in [-0.25, -0.2) is 4.79 Å². The number of pyridine rings is 1. The molecule has 1 rings (SSSR count). The number of nitrogens with one attached hydrogen (secondary N) is 2. The third-order valence-electron chi connectivity index (χ3n) is 1.34. The number of carbonyl (C=O) groups is 1. The highest BCUT2D eigenvalue weighted by Gasteiger charge is 2.00. The summed E-state index contributed by atoms with van der Waals surface area (Å²) in [6.07, 6.45) is 3.20. The molecule has 14 heavy (non-hydrogen) atoms. The highest BCUT2D eigenvalue weighted by Crippen LogP contribution is 2.13. The Kier molecular flexibility index (Phi) is 4.69. The molecule has 0 aliphatic rings. The molecule has 0 bridgehead atoms. The van der Waals surface area contributed by atoms with Gasteiger partial charge >= 0.3 is 6.03 Å². The minimum absolute atomic E-state index is 0.287. The van der Waals surface area contributed by atoms with Crippen molar-refractivity contribution in [1.82, 2.24) is 10.3 Å². The second kappa shape index (κ2) is 5.82. The zero-order valence-electron chi connectivity index (χ0n) is 7.26. The van der Waals surface area contributed by atoms with Crippen molar-refractivity contribution < 1.29 is 4.79 Å². The Balaban J connectivity index is 2.47. The number of alkyl halides is 1. The first-order chi connectivity index (χ1) is 6.72. The second-order valence-corrected chi connectivity index (χ2v) is 3.76. The number of urea groups is 1. The van der Waals surface area contributed by atoms with E-state index in [1.54, 1.807) is 18.5 Å². The fourth-order valence-electron chi connectivity index (χ4n) is 0.816. The van der Waals surface area contributed by atoms with Gasteiger partial charge in [0.2, 0.25) is 0 Å². The van der Waals surface area contributed by atoms with Gasteiger partial charge in [0.05, 0.1) is 11.9 Å². The minimum Gasteiger partial charge on any atom is -0.337 e. The molecule has 0 atom stereocenters. The summed E-state index contributed by atoms with van der Waals surface area (Å²) in [5.41, 5.74) is 0.631. The summed E-state index contributed by atoms with van der Waals surface area (Å²) in [6.45, 7) is 0.439. The average Bonchev–Trinajstić information content (AvgIpc) is 2.15. The van der Waals surface area contributed by atoms with Gasteiger partial charge in [-0.05, 0) is 22.0 Å². The molecule has 2 amide bonds. The standard InChI is InChI=1S/C8H9BrClN3O/c9-6-3-7(5-11-4-6)13-8(14)12-2-1-10/h3-5H,1-2H2,(H2,12,13,14). The molecule has 0 radical (unpaired) electrons. The zero-order valence-corrected chi connectivity index (χ0v) is 9.60. The van der Waals surface area contributed by atoms with E-state index in [2.05, 4.69) is 31.5 Å². The predicted molar refractivity (Wildman–Crippen MR) is 59.7 cm³/mol. The maximum Gasteiger partial charge on any atom is 0.319 e. The number of nitrogens with zero attached hydrogens (tertiary/aromatic N) is 1. The van der Waals surface area contributed by atoms with Crippen LogP contribution in [0.2, 0.25) is 0 Å². The first-order valence-corrected chi connectivity index (χ1v) is 5.26. The highest BCUT2D eigenvalue weighted by atomic mass is 79.9. The molecule has 0 spiro atoms. The van der Waals surface area contributed by atoms with Crippen LogP contribution in [0.15, 0.2) is 22.9 Å². The number of anilines is 1. The number of halogens is 2. The van der Waals surface area contributed by atoms with Crippen LogP contribution < -0.4 is 10.6 Å². The van der Waals surface area contributed by atoms with Crippen molar-refractivity contribution in [2.75, 3.05) is 17.7 Å². The van der Waals surface area contributed by atoms with Crippen molar-refractivity contribution in [2.24, 2.45) is 0 Å². The Morgan fingerprint density at radius 3 is 3.00 bits per heavy atom. The van der Waals surface area contributed by atoms with Gasteiger partial charge in [-0.2, -0.15) is 0 Å². The van der Waals surface area contributed by atoms with Gasteiger partial charge < -0.3 is 10.6 Å². The Hall–Kier alpha value is -0.810. The first-order valence-electron chi connectivity index (χ1n) is 3.94. The minimum atomic E-state index is -0.287. The molecule has 1 aromatic rings. The molecular formula is C8H9BrClN3O. The SMILES string of the molecule is O=C(NCCCl)Nc1cncc(Br)c1. The van der Waals surface area contributed by atoms with Crippen molar-refractivity contribution in [1.29, 1.82) is 0 Å². The molecule has 0 aromatic carbocycles. The van der Waals surface area contributed by atoms with Gasteiger partial charge in [0.15, 0.2) is 0 Å². The lowest BCUT2D eigenvalue weighted by molar-refractivity contribution is 0.252. The lowest BCUT2D eigenvalue weighted by Crippen LogP contribution is -2.30. The van der Waals surface area contributed by atoms with E-state index in [1.807, 2.05) is 0 Å². The van der Waals surface area contributed by atoms with E-state index in [0.29, 0.717) is 18.1 Å². The summed E-state index contributed by atoms with van der Waals surface area (Å²) in [4.78, 5) is 15.1. The fraction of sp³-hybridized carbons (Fsp3) is 0.250. The van der Waals surface area contributed by atoms with E-state index in [1.165, 1.54) is 0 Å². The molecule has 6 heteroatoms. The van der Waals surface area contributed by atoms with Crippen LogP contribution in [0, 0.1) is 0 Å². The summed E-state index contributed by atoms with van der Waals surface area (Å²) in [6, 6.07) is 1.47. The molecule has 0 aliphatic carbocycles. The molecule has 0 fully saturated rings. The first kappa shape index (κ1) is 11.3. The molecule has 1 heterocycles. The molecule has 4 nitrogen and oxygen atoms in total. The number of carbonyl (C=O) groups excluding carboxylic acids is 1. The summed E-state index contributed by atoms with van der Waals surface area (Å²) in [5.74, 6) is 0.393. The average molecular weight is 279 g/mol. The Labute approximate surface area is 95.2 Å². The largest absolute Gasteiger partial charge is 0.337 e. The lowest BCUT2D eigenvalue weighted by atomic mass is 10.4. The van der Waals surface area contributed by atoms with Crippen molar-refractivity contribution >= 4 is 39.2 Å². The Morgan fingerprint density at radius 1 is 1.57 bits per heavy atom. The fourth-order valence-corrected chi connectivity index (χ4v) is 1.28. The van der Waals surface area contributed by atoms with Crippen molar-refractivity contribution in [2.45, 2.75) is 0 Å². The summed E-state index contributed by atoms with van der Waals surface area (Å²) < 4.78 is 0.813. The van der Waals surface area contributed by atoms with Gasteiger partial charge in [0.1, 0.15) is 0 Å². The van der Waals surface area contributed by atoms with Crippen molar-refractivity contribution in [3.8, 4) is 0 Å². The summed E-state index contributed by atoms with van der Waals surface area (Å²) in [5, 5.41) is 5.19. The van der Waals surface area contributed by atoms with Crippen LogP contribution in [0.5, 0.6) is 0 Å². The van der Waals surface area contributed by atoms with E-state index in [-0.39, 0.29) is 6.03 Å². The van der Waals surface area contributed by atoms with Crippen LogP contribution in [0.4, 0.5) is 10.5 Å². The van der Waals surface area contributed by atoms with E-state index in [9.17, 15) is 4.79 Å². The molecule has 2 N–H and O–H groups in total. The highest BCUT2D eigenvalue weighted by molar-refractivity contribution is 9.10. The van der Waals surface area contributed by atoms with E-state index in [4.69, 9.17) is 11.6 Å². The second-order valence-electron chi connectivity index (χ2n) is 2.46. The number of rotatable bonds is 3. The third kappa shape index (κ3) is 3.93. The molecule has 1 aromatic heterocycles. The van der Waals surface area contributed by atoms with Crippen molar-refractivity contribution in [3.63, 3.8) is 0 Å². The van der Waals surface area contributed by atoms with Gasteiger partial charge in [-0.15, -0.1) is 11.6 Å². The number of hydrogen-bond acceptors (Lipinski definition) is 2. The summed E-state index contributed by atoms with van der Waals surface area (Å²) >= 11 is 8.66.